The largest absolute Gasteiger partial charge is 0.378 e. The SMILES string of the molecule is CN(C)c1ccc(C2c3sc(=O)n(CC(=O)Nc4ccc(Cl)c(Cl)c4)c3SC3C4CCC(C4)C23)cc1. The lowest BCUT2D eigenvalue weighted by molar-refractivity contribution is -0.116. The van der Waals surface area contributed by atoms with Gasteiger partial charge in [-0.3, -0.25) is 14.2 Å². The molecule has 2 heterocycles. The molecule has 2 saturated carbocycles. The first-order chi connectivity index (χ1) is 17.3. The van der Waals surface area contributed by atoms with Crippen molar-refractivity contribution in [1.82, 2.24) is 4.57 Å². The van der Waals surface area contributed by atoms with Crippen LogP contribution in [0.1, 0.15) is 35.6 Å². The van der Waals surface area contributed by atoms with Crippen molar-refractivity contribution in [2.24, 2.45) is 17.8 Å². The summed E-state index contributed by atoms with van der Waals surface area (Å²) in [6.07, 6.45) is 3.84. The molecule has 5 unspecified atom stereocenters. The van der Waals surface area contributed by atoms with Crippen LogP contribution in [0, 0.1) is 17.8 Å². The number of hydrogen-bond acceptors (Lipinski definition) is 5. The molecule has 3 aromatic rings. The number of benzene rings is 2. The molecule has 0 saturated heterocycles. The van der Waals surface area contributed by atoms with Crippen LogP contribution in [-0.2, 0) is 11.3 Å². The maximum Gasteiger partial charge on any atom is 0.308 e. The Morgan fingerprint density at radius 3 is 2.56 bits per heavy atom. The molecule has 5 atom stereocenters. The number of nitrogens with one attached hydrogen (secondary N) is 1. The maximum atomic E-state index is 13.3. The summed E-state index contributed by atoms with van der Waals surface area (Å²) in [4.78, 5) is 29.4. The van der Waals surface area contributed by atoms with Crippen LogP contribution in [0.2, 0.25) is 10.0 Å². The van der Waals surface area contributed by atoms with Gasteiger partial charge in [0, 0.05) is 41.5 Å². The first-order valence-corrected chi connectivity index (χ1v) is 14.7. The highest BCUT2D eigenvalue weighted by Gasteiger charge is 2.55. The molecule has 1 N–H and O–H groups in total. The Bertz CT molecular complexity index is 1380. The first-order valence-electron chi connectivity index (χ1n) is 12.2. The molecule has 1 amide bonds. The summed E-state index contributed by atoms with van der Waals surface area (Å²) in [7, 11) is 4.09. The predicted molar refractivity (Wildman–Crippen MR) is 150 cm³/mol. The van der Waals surface area contributed by atoms with E-state index >= 15 is 0 Å². The van der Waals surface area contributed by atoms with Crippen molar-refractivity contribution < 1.29 is 4.79 Å². The molecule has 1 aromatic heterocycles. The van der Waals surface area contributed by atoms with Gasteiger partial charge in [-0.2, -0.15) is 0 Å². The lowest BCUT2D eigenvalue weighted by atomic mass is 9.75. The second kappa shape index (κ2) is 9.43. The van der Waals surface area contributed by atoms with Gasteiger partial charge in [0.25, 0.3) is 0 Å². The highest BCUT2D eigenvalue weighted by atomic mass is 35.5. The Morgan fingerprint density at radius 1 is 1.08 bits per heavy atom. The number of carbonyl (C=O) groups excluding carboxylic acids is 1. The zero-order chi connectivity index (χ0) is 25.1. The van der Waals surface area contributed by atoms with Crippen molar-refractivity contribution in [2.75, 3.05) is 24.3 Å². The minimum absolute atomic E-state index is 0.0182. The van der Waals surface area contributed by atoms with Crippen molar-refractivity contribution >= 4 is 63.6 Å². The molecule has 188 valence electrons. The van der Waals surface area contributed by atoms with Gasteiger partial charge < -0.3 is 10.2 Å². The van der Waals surface area contributed by atoms with E-state index < -0.39 is 0 Å². The maximum absolute atomic E-state index is 13.3. The van der Waals surface area contributed by atoms with Gasteiger partial charge in [-0.1, -0.05) is 46.7 Å². The van der Waals surface area contributed by atoms with E-state index in [4.69, 9.17) is 23.2 Å². The number of thioether (sulfide) groups is 1. The molecule has 5 nitrogen and oxygen atoms in total. The molecule has 2 aliphatic carbocycles. The van der Waals surface area contributed by atoms with Gasteiger partial charge in [0.1, 0.15) is 6.54 Å². The third kappa shape index (κ3) is 4.18. The summed E-state index contributed by atoms with van der Waals surface area (Å²) in [5.41, 5.74) is 3.00. The summed E-state index contributed by atoms with van der Waals surface area (Å²) in [6, 6.07) is 13.8. The Kier molecular flexibility index (Phi) is 6.39. The van der Waals surface area contributed by atoms with E-state index in [-0.39, 0.29) is 23.2 Å². The zero-order valence-electron chi connectivity index (χ0n) is 20.0. The molecular formula is C27H27Cl2N3O2S2. The highest BCUT2D eigenvalue weighted by molar-refractivity contribution is 8.00. The number of carbonyl (C=O) groups is 1. The van der Waals surface area contributed by atoms with Crippen molar-refractivity contribution in [3.63, 3.8) is 0 Å². The van der Waals surface area contributed by atoms with Crippen LogP contribution in [-0.4, -0.2) is 29.8 Å². The lowest BCUT2D eigenvalue weighted by Gasteiger charge is -2.40. The average Bonchev–Trinajstić information content (AvgIpc) is 3.54. The minimum atomic E-state index is -0.251. The Hall–Kier alpha value is -1.93. The summed E-state index contributed by atoms with van der Waals surface area (Å²) in [5, 5.41) is 5.14. The Labute approximate surface area is 228 Å². The fourth-order valence-electron chi connectivity index (χ4n) is 6.36. The van der Waals surface area contributed by atoms with E-state index in [0.717, 1.165) is 9.90 Å². The quantitative estimate of drug-likeness (QED) is 0.384. The van der Waals surface area contributed by atoms with Crippen LogP contribution in [0.25, 0.3) is 0 Å². The zero-order valence-corrected chi connectivity index (χ0v) is 23.2. The summed E-state index contributed by atoms with van der Waals surface area (Å²) in [5.74, 6) is 1.90. The normalized spacial score (nSPS) is 25.9. The molecule has 2 aromatic carbocycles. The van der Waals surface area contributed by atoms with Gasteiger partial charge >= 0.3 is 4.87 Å². The number of rotatable bonds is 5. The second-order valence-electron chi connectivity index (χ2n) is 10.3. The summed E-state index contributed by atoms with van der Waals surface area (Å²) < 4.78 is 1.68. The summed E-state index contributed by atoms with van der Waals surface area (Å²) in [6.45, 7) is -0.0182. The van der Waals surface area contributed by atoms with Crippen molar-refractivity contribution in [1.29, 1.82) is 0 Å². The monoisotopic (exact) mass is 559 g/mol. The number of aromatic nitrogens is 1. The molecular weight excluding hydrogens is 533 g/mol. The van der Waals surface area contributed by atoms with Crippen molar-refractivity contribution in [3.05, 3.63) is 72.6 Å². The van der Waals surface area contributed by atoms with E-state index in [1.807, 2.05) is 25.9 Å². The standard InChI is InChI=1S/C27H27Cl2N3O2S2/c1-31(2)18-8-5-14(6-9-18)22-23-15-3-4-16(11-15)24(23)35-26-25(22)36-27(34)32(26)13-21(33)30-17-7-10-19(28)20(29)12-17/h5-10,12,15-16,22-24H,3-4,11,13H2,1-2H3,(H,30,33). The fraction of sp³-hybridized carbons (Fsp3) is 0.407. The molecule has 36 heavy (non-hydrogen) atoms. The van der Waals surface area contributed by atoms with Crippen molar-refractivity contribution in [2.45, 2.75) is 42.0 Å². The van der Waals surface area contributed by atoms with Gasteiger partial charge in [0.2, 0.25) is 5.91 Å². The molecule has 2 bridgehead atoms. The number of halogens is 2. The smallest absolute Gasteiger partial charge is 0.308 e. The Balaban J connectivity index is 1.35. The highest BCUT2D eigenvalue weighted by Crippen LogP contribution is 2.64. The third-order valence-electron chi connectivity index (χ3n) is 7.96. The van der Waals surface area contributed by atoms with Crippen LogP contribution in [0.4, 0.5) is 11.4 Å². The van der Waals surface area contributed by atoms with Crippen LogP contribution in [0.15, 0.2) is 52.3 Å². The topological polar surface area (TPSA) is 54.3 Å². The molecule has 1 aliphatic heterocycles. The number of fused-ring (bicyclic) bond motifs is 6. The van der Waals surface area contributed by atoms with Gasteiger partial charge in [-0.25, -0.2) is 0 Å². The van der Waals surface area contributed by atoms with Crippen LogP contribution in [0.5, 0.6) is 0 Å². The third-order valence-corrected chi connectivity index (χ3v) is 11.5. The molecule has 3 aliphatic rings. The second-order valence-corrected chi connectivity index (χ2v) is 13.2. The van der Waals surface area contributed by atoms with Crippen molar-refractivity contribution in [3.8, 4) is 0 Å². The van der Waals surface area contributed by atoms with Gasteiger partial charge in [-0.05, 0) is 72.9 Å². The van der Waals surface area contributed by atoms with Gasteiger partial charge in [0.15, 0.2) is 0 Å². The van der Waals surface area contributed by atoms with Gasteiger partial charge in [-0.15, -0.1) is 11.8 Å². The molecule has 0 spiro atoms. The first kappa shape index (κ1) is 24.4. The van der Waals surface area contributed by atoms with Crippen LogP contribution >= 0.6 is 46.3 Å². The Morgan fingerprint density at radius 2 is 1.83 bits per heavy atom. The molecule has 9 heteroatoms. The molecule has 6 rings (SSSR count). The van der Waals surface area contributed by atoms with Gasteiger partial charge in [0.05, 0.1) is 15.1 Å². The minimum Gasteiger partial charge on any atom is -0.378 e. The fourth-order valence-corrected chi connectivity index (χ4v) is 9.81. The predicted octanol–water partition coefficient (Wildman–Crippen LogP) is 6.57. The van der Waals surface area contributed by atoms with Crippen LogP contribution in [0.3, 0.4) is 0 Å². The van der Waals surface area contributed by atoms with E-state index in [2.05, 4.69) is 34.5 Å². The number of amides is 1. The number of anilines is 2. The van der Waals surface area contributed by atoms with E-state index in [1.54, 1.807) is 22.8 Å². The number of hydrogen-bond donors (Lipinski definition) is 1. The molecule has 2 fully saturated rings. The van der Waals surface area contributed by atoms with E-state index in [1.165, 1.54) is 41.9 Å². The number of nitrogens with zero attached hydrogens (tertiary/aromatic N) is 2. The summed E-state index contributed by atoms with van der Waals surface area (Å²) >= 11 is 15.3. The van der Waals surface area contributed by atoms with Crippen LogP contribution < -0.4 is 15.1 Å². The lowest BCUT2D eigenvalue weighted by Crippen LogP contribution is -2.34. The number of thiazole rings is 1. The van der Waals surface area contributed by atoms with E-state index in [0.29, 0.717) is 38.7 Å². The average molecular weight is 561 g/mol. The van der Waals surface area contributed by atoms with E-state index in [9.17, 15) is 9.59 Å². The molecule has 0 radical (unpaired) electrons.